The first-order valence-electron chi connectivity index (χ1n) is 10.1. The zero-order valence-electron chi connectivity index (χ0n) is 16.4. The summed E-state index contributed by atoms with van der Waals surface area (Å²) in [5.41, 5.74) is 8.93. The van der Waals surface area contributed by atoms with Gasteiger partial charge in [0.2, 0.25) is 5.91 Å². The highest BCUT2D eigenvalue weighted by Gasteiger charge is 2.33. The molecule has 3 heterocycles. The lowest BCUT2D eigenvalue weighted by Crippen LogP contribution is -2.23. The molecule has 1 amide bonds. The maximum Gasteiger partial charge on any atom is 0.249 e. The number of fused-ring (bicyclic) bond motifs is 2. The SMILES string of the molecule is NC(=O)c1cc(N2C[C@@H](Cc3ccnc4ccccc34)[C@@H](O)C2)nc2ccccc12. The molecule has 2 aromatic heterocycles. The molecule has 2 atom stereocenters. The van der Waals surface area contributed by atoms with E-state index in [4.69, 9.17) is 10.7 Å². The zero-order valence-corrected chi connectivity index (χ0v) is 16.4. The molecule has 4 aromatic rings. The van der Waals surface area contributed by atoms with Crippen molar-refractivity contribution in [3.05, 3.63) is 78.0 Å². The molecule has 0 spiro atoms. The number of amides is 1. The van der Waals surface area contributed by atoms with E-state index in [-0.39, 0.29) is 5.92 Å². The largest absolute Gasteiger partial charge is 0.391 e. The van der Waals surface area contributed by atoms with Gasteiger partial charge in [0.05, 0.1) is 22.7 Å². The molecule has 0 bridgehead atoms. The summed E-state index contributed by atoms with van der Waals surface area (Å²) in [6.45, 7) is 1.12. The molecule has 2 aromatic carbocycles. The van der Waals surface area contributed by atoms with Crippen LogP contribution in [0.2, 0.25) is 0 Å². The molecule has 6 heteroatoms. The lowest BCUT2D eigenvalue weighted by atomic mass is 9.94. The van der Waals surface area contributed by atoms with E-state index in [1.807, 2.05) is 59.6 Å². The van der Waals surface area contributed by atoms with Gasteiger partial charge in [-0.3, -0.25) is 9.78 Å². The van der Waals surface area contributed by atoms with E-state index in [0.717, 1.165) is 28.2 Å². The van der Waals surface area contributed by atoms with Gasteiger partial charge in [-0.2, -0.15) is 0 Å². The molecule has 0 aliphatic carbocycles. The third-order valence-electron chi connectivity index (χ3n) is 5.92. The van der Waals surface area contributed by atoms with Crippen molar-refractivity contribution >= 4 is 33.5 Å². The maximum atomic E-state index is 12.0. The third-order valence-corrected chi connectivity index (χ3v) is 5.92. The van der Waals surface area contributed by atoms with Gasteiger partial charge in [0, 0.05) is 36.0 Å². The Hall–Kier alpha value is -3.51. The number of aliphatic hydroxyl groups excluding tert-OH is 1. The number of anilines is 1. The van der Waals surface area contributed by atoms with E-state index in [9.17, 15) is 9.90 Å². The van der Waals surface area contributed by atoms with Gasteiger partial charge in [0.15, 0.2) is 0 Å². The van der Waals surface area contributed by atoms with Gasteiger partial charge in [-0.05, 0) is 36.2 Å². The molecule has 5 rings (SSSR count). The Morgan fingerprint density at radius 2 is 1.77 bits per heavy atom. The average molecular weight is 398 g/mol. The Labute approximate surface area is 174 Å². The molecule has 0 unspecified atom stereocenters. The quantitative estimate of drug-likeness (QED) is 0.551. The number of hydrogen-bond donors (Lipinski definition) is 2. The second-order valence-corrected chi connectivity index (χ2v) is 7.83. The van der Waals surface area contributed by atoms with Crippen LogP contribution >= 0.6 is 0 Å². The molecule has 0 radical (unpaired) electrons. The Morgan fingerprint density at radius 3 is 2.57 bits per heavy atom. The first-order chi connectivity index (χ1) is 14.6. The number of aliphatic hydroxyl groups is 1. The summed E-state index contributed by atoms with van der Waals surface area (Å²) in [6, 6.07) is 19.3. The van der Waals surface area contributed by atoms with Gasteiger partial charge in [0.1, 0.15) is 5.82 Å². The number of carbonyl (C=O) groups is 1. The van der Waals surface area contributed by atoms with Crippen molar-refractivity contribution in [1.29, 1.82) is 0 Å². The predicted molar refractivity (Wildman–Crippen MR) is 117 cm³/mol. The van der Waals surface area contributed by atoms with Crippen LogP contribution in [0.15, 0.2) is 66.9 Å². The number of pyridine rings is 2. The van der Waals surface area contributed by atoms with E-state index < -0.39 is 12.0 Å². The van der Waals surface area contributed by atoms with Crippen molar-refractivity contribution in [3.8, 4) is 0 Å². The predicted octanol–water partition coefficient (Wildman–Crippen LogP) is 2.92. The third kappa shape index (κ3) is 3.25. The zero-order chi connectivity index (χ0) is 20.7. The van der Waals surface area contributed by atoms with Crippen molar-refractivity contribution in [2.24, 2.45) is 11.7 Å². The number of nitrogens with zero attached hydrogens (tertiary/aromatic N) is 3. The molecule has 1 aliphatic rings. The molecule has 150 valence electrons. The molecular formula is C24H22N4O2. The van der Waals surface area contributed by atoms with Crippen molar-refractivity contribution in [2.75, 3.05) is 18.0 Å². The maximum absolute atomic E-state index is 12.0. The standard InChI is InChI=1S/C24H22N4O2/c25-24(30)19-12-23(27-21-8-4-2-6-18(19)21)28-13-16(22(29)14-28)11-15-9-10-26-20-7-3-1-5-17(15)20/h1-10,12,16,22,29H,11,13-14H2,(H2,25,30)/t16-,22+/m1/s1. The minimum absolute atomic E-state index is 0.0566. The molecular weight excluding hydrogens is 376 g/mol. The summed E-state index contributed by atoms with van der Waals surface area (Å²) < 4.78 is 0. The Balaban J connectivity index is 1.45. The van der Waals surface area contributed by atoms with Crippen molar-refractivity contribution < 1.29 is 9.90 Å². The highest BCUT2D eigenvalue weighted by Crippen LogP contribution is 2.30. The molecule has 0 saturated carbocycles. The second-order valence-electron chi connectivity index (χ2n) is 7.83. The molecule has 1 aliphatic heterocycles. The van der Waals surface area contributed by atoms with Crippen LogP contribution in [-0.4, -0.2) is 40.2 Å². The van der Waals surface area contributed by atoms with Crippen LogP contribution in [0.3, 0.4) is 0 Å². The van der Waals surface area contributed by atoms with Gasteiger partial charge in [-0.15, -0.1) is 0 Å². The lowest BCUT2D eigenvalue weighted by molar-refractivity contribution is 0.100. The Morgan fingerprint density at radius 1 is 1.03 bits per heavy atom. The van der Waals surface area contributed by atoms with Gasteiger partial charge in [0.25, 0.3) is 0 Å². The van der Waals surface area contributed by atoms with E-state index in [0.29, 0.717) is 24.5 Å². The summed E-state index contributed by atoms with van der Waals surface area (Å²) in [5.74, 6) is 0.249. The topological polar surface area (TPSA) is 92.3 Å². The molecule has 3 N–H and O–H groups in total. The number of β-amino-alcohol motifs (C(OH)–C–C–N with tert-alkyl or cyclic N) is 1. The smallest absolute Gasteiger partial charge is 0.249 e. The van der Waals surface area contributed by atoms with Gasteiger partial charge in [-0.1, -0.05) is 36.4 Å². The van der Waals surface area contributed by atoms with Gasteiger partial charge < -0.3 is 15.7 Å². The van der Waals surface area contributed by atoms with E-state index >= 15 is 0 Å². The summed E-state index contributed by atoms with van der Waals surface area (Å²) in [6.07, 6.45) is 2.08. The fourth-order valence-corrected chi connectivity index (χ4v) is 4.38. The lowest BCUT2D eigenvalue weighted by Gasteiger charge is -2.19. The highest BCUT2D eigenvalue weighted by atomic mass is 16.3. The monoisotopic (exact) mass is 398 g/mol. The van der Waals surface area contributed by atoms with Crippen LogP contribution in [0.25, 0.3) is 21.8 Å². The minimum Gasteiger partial charge on any atom is -0.391 e. The first-order valence-corrected chi connectivity index (χ1v) is 10.1. The highest BCUT2D eigenvalue weighted by molar-refractivity contribution is 6.06. The van der Waals surface area contributed by atoms with Crippen LogP contribution < -0.4 is 10.6 Å². The summed E-state index contributed by atoms with van der Waals surface area (Å²) in [4.78, 5) is 23.2. The van der Waals surface area contributed by atoms with Crippen LogP contribution in [0, 0.1) is 5.92 Å². The van der Waals surface area contributed by atoms with Crippen LogP contribution in [0.1, 0.15) is 15.9 Å². The van der Waals surface area contributed by atoms with Crippen molar-refractivity contribution in [2.45, 2.75) is 12.5 Å². The molecule has 1 fully saturated rings. The number of aromatic nitrogens is 2. The number of hydrogen-bond acceptors (Lipinski definition) is 5. The number of carbonyl (C=O) groups excluding carboxylic acids is 1. The minimum atomic E-state index is -0.484. The summed E-state index contributed by atoms with van der Waals surface area (Å²) >= 11 is 0. The van der Waals surface area contributed by atoms with Crippen LogP contribution in [-0.2, 0) is 6.42 Å². The fourth-order valence-electron chi connectivity index (χ4n) is 4.38. The summed E-state index contributed by atoms with van der Waals surface area (Å²) in [7, 11) is 0. The first kappa shape index (κ1) is 18.5. The number of primary amides is 1. The van der Waals surface area contributed by atoms with Crippen molar-refractivity contribution in [3.63, 3.8) is 0 Å². The van der Waals surface area contributed by atoms with Crippen molar-refractivity contribution in [1.82, 2.24) is 9.97 Å². The average Bonchev–Trinajstić information content (AvgIpc) is 3.13. The summed E-state index contributed by atoms with van der Waals surface area (Å²) in [5, 5.41) is 12.6. The Bertz CT molecular complexity index is 1250. The van der Waals surface area contributed by atoms with E-state index in [1.54, 1.807) is 6.07 Å². The number of nitrogens with two attached hydrogens (primary N) is 1. The van der Waals surface area contributed by atoms with E-state index in [1.165, 1.54) is 5.56 Å². The van der Waals surface area contributed by atoms with Gasteiger partial charge >= 0.3 is 0 Å². The Kier molecular flexibility index (Phi) is 4.56. The number of para-hydroxylation sites is 2. The molecule has 6 nitrogen and oxygen atoms in total. The fraction of sp³-hybridized carbons (Fsp3) is 0.208. The number of benzene rings is 2. The number of rotatable bonds is 4. The van der Waals surface area contributed by atoms with Gasteiger partial charge in [-0.25, -0.2) is 4.98 Å². The normalized spacial score (nSPS) is 18.9. The van der Waals surface area contributed by atoms with E-state index in [2.05, 4.69) is 11.1 Å². The molecule has 30 heavy (non-hydrogen) atoms. The van der Waals surface area contributed by atoms with Crippen LogP contribution in [0.5, 0.6) is 0 Å². The molecule has 1 saturated heterocycles. The van der Waals surface area contributed by atoms with Crippen LogP contribution in [0.4, 0.5) is 5.82 Å². The second kappa shape index (κ2) is 7.39.